The van der Waals surface area contributed by atoms with Crippen LogP contribution in [0.2, 0.25) is 0 Å². The van der Waals surface area contributed by atoms with E-state index in [1.807, 2.05) is 12.4 Å². The molecule has 0 bridgehead atoms. The molecule has 2 rings (SSSR count). The van der Waals surface area contributed by atoms with Crippen LogP contribution in [0.1, 0.15) is 25.7 Å². The highest BCUT2D eigenvalue weighted by atomic mass is 79.9. The molecule has 1 aromatic heterocycles. The zero-order valence-electron chi connectivity index (χ0n) is 12.1. The summed E-state index contributed by atoms with van der Waals surface area (Å²) in [6.45, 7) is 6.62. The number of aromatic nitrogens is 1. The highest BCUT2D eigenvalue weighted by Gasteiger charge is 2.16. The summed E-state index contributed by atoms with van der Waals surface area (Å²) in [5, 5.41) is 0. The average molecular weight is 341 g/mol. The second-order valence-corrected chi connectivity index (χ2v) is 6.21. The van der Waals surface area contributed by atoms with Gasteiger partial charge < -0.3 is 15.5 Å². The molecule has 1 saturated heterocycles. The van der Waals surface area contributed by atoms with Crippen molar-refractivity contribution in [1.29, 1.82) is 0 Å². The van der Waals surface area contributed by atoms with Crippen molar-refractivity contribution >= 4 is 21.6 Å². The molecule has 5 heteroatoms. The third-order valence-corrected chi connectivity index (χ3v) is 4.47. The summed E-state index contributed by atoms with van der Waals surface area (Å²) in [4.78, 5) is 9.19. The predicted molar refractivity (Wildman–Crippen MR) is 88.1 cm³/mol. The molecule has 1 aromatic rings. The van der Waals surface area contributed by atoms with Gasteiger partial charge in [0.25, 0.3) is 0 Å². The molecular weight excluding hydrogens is 316 g/mol. The van der Waals surface area contributed by atoms with Gasteiger partial charge in [-0.15, -0.1) is 0 Å². The fraction of sp³-hybridized carbons (Fsp3) is 0.667. The Balaban J connectivity index is 1.82. The van der Waals surface area contributed by atoms with Crippen molar-refractivity contribution in [3.8, 4) is 0 Å². The average Bonchev–Trinajstić information content (AvgIpc) is 2.70. The molecule has 0 spiro atoms. The number of pyridine rings is 1. The largest absolute Gasteiger partial charge is 0.369 e. The van der Waals surface area contributed by atoms with Gasteiger partial charge in [-0.05, 0) is 60.9 Å². The molecule has 0 unspecified atom stereocenters. The number of rotatable bonds is 6. The lowest BCUT2D eigenvalue weighted by molar-refractivity contribution is 0.286. The van der Waals surface area contributed by atoms with Gasteiger partial charge in [-0.25, -0.2) is 0 Å². The Bertz CT molecular complexity index is 399. The van der Waals surface area contributed by atoms with Gasteiger partial charge in [-0.2, -0.15) is 0 Å². The molecule has 0 amide bonds. The van der Waals surface area contributed by atoms with E-state index in [1.165, 1.54) is 38.0 Å². The van der Waals surface area contributed by atoms with Crippen LogP contribution in [0.15, 0.2) is 22.9 Å². The fourth-order valence-corrected chi connectivity index (χ4v) is 3.22. The first kappa shape index (κ1) is 15.7. The lowest BCUT2D eigenvalue weighted by atomic mass is 10.2. The molecule has 4 nitrogen and oxygen atoms in total. The molecule has 0 aliphatic carbocycles. The van der Waals surface area contributed by atoms with Crippen LogP contribution in [0.3, 0.4) is 0 Å². The molecule has 2 heterocycles. The molecular formula is C15H25BrN4. The van der Waals surface area contributed by atoms with Crippen LogP contribution in [0.5, 0.6) is 0 Å². The van der Waals surface area contributed by atoms with Crippen molar-refractivity contribution in [2.24, 2.45) is 5.73 Å². The van der Waals surface area contributed by atoms with Crippen LogP contribution < -0.4 is 10.6 Å². The second kappa shape index (κ2) is 8.60. The zero-order valence-corrected chi connectivity index (χ0v) is 13.7. The van der Waals surface area contributed by atoms with Crippen LogP contribution in [-0.4, -0.2) is 49.2 Å². The van der Waals surface area contributed by atoms with Gasteiger partial charge in [-0.3, -0.25) is 4.98 Å². The Labute approximate surface area is 130 Å². The summed E-state index contributed by atoms with van der Waals surface area (Å²) in [5.74, 6) is 0. The molecule has 2 N–H and O–H groups in total. The second-order valence-electron chi connectivity index (χ2n) is 5.36. The summed E-state index contributed by atoms with van der Waals surface area (Å²) in [6.07, 6.45) is 8.67. The van der Waals surface area contributed by atoms with E-state index in [1.54, 1.807) is 0 Å². The van der Waals surface area contributed by atoms with Crippen molar-refractivity contribution in [2.45, 2.75) is 25.7 Å². The number of hydrogen-bond acceptors (Lipinski definition) is 4. The Morgan fingerprint density at radius 3 is 2.85 bits per heavy atom. The monoisotopic (exact) mass is 340 g/mol. The third kappa shape index (κ3) is 4.72. The van der Waals surface area contributed by atoms with Crippen molar-refractivity contribution in [3.63, 3.8) is 0 Å². The van der Waals surface area contributed by atoms with E-state index in [2.05, 4.69) is 36.8 Å². The maximum Gasteiger partial charge on any atom is 0.0592 e. The van der Waals surface area contributed by atoms with Gasteiger partial charge in [-0.1, -0.05) is 6.42 Å². The number of hydrogen-bond donors (Lipinski definition) is 1. The smallest absolute Gasteiger partial charge is 0.0592 e. The Hall–Kier alpha value is -0.650. The van der Waals surface area contributed by atoms with E-state index in [0.29, 0.717) is 0 Å². The van der Waals surface area contributed by atoms with Gasteiger partial charge in [0.2, 0.25) is 0 Å². The maximum absolute atomic E-state index is 5.54. The van der Waals surface area contributed by atoms with Crippen molar-refractivity contribution in [1.82, 2.24) is 9.88 Å². The molecule has 1 aliphatic heterocycles. The number of anilines is 1. The molecule has 20 heavy (non-hydrogen) atoms. The molecule has 1 aliphatic rings. The van der Waals surface area contributed by atoms with Crippen LogP contribution in [0.25, 0.3) is 0 Å². The first-order chi connectivity index (χ1) is 9.81. The standard InChI is InChI=1S/C15H25BrN4/c16-14-13-18-7-5-15(14)20-10-4-9-19(11-12-20)8-3-1-2-6-17/h5,7,13H,1-4,6,8-12,17H2. The van der Waals surface area contributed by atoms with E-state index in [-0.39, 0.29) is 0 Å². The number of nitrogens with zero attached hydrogens (tertiary/aromatic N) is 3. The third-order valence-electron chi connectivity index (χ3n) is 3.86. The van der Waals surface area contributed by atoms with Crippen LogP contribution in [0, 0.1) is 0 Å². The zero-order chi connectivity index (χ0) is 14.2. The van der Waals surface area contributed by atoms with Gasteiger partial charge >= 0.3 is 0 Å². The number of halogens is 1. The van der Waals surface area contributed by atoms with E-state index in [9.17, 15) is 0 Å². The number of unbranched alkanes of at least 4 members (excludes halogenated alkanes) is 2. The highest BCUT2D eigenvalue weighted by molar-refractivity contribution is 9.10. The van der Waals surface area contributed by atoms with E-state index >= 15 is 0 Å². The quantitative estimate of drug-likeness (QED) is 0.808. The Kier molecular flexibility index (Phi) is 6.76. The molecule has 0 aromatic carbocycles. The SMILES string of the molecule is NCCCCCN1CCCN(c2ccncc2Br)CC1. The topological polar surface area (TPSA) is 45.4 Å². The van der Waals surface area contributed by atoms with Gasteiger partial charge in [0, 0.05) is 32.0 Å². The first-order valence-corrected chi connectivity index (χ1v) is 8.37. The summed E-state index contributed by atoms with van der Waals surface area (Å²) >= 11 is 3.60. The lowest BCUT2D eigenvalue weighted by Gasteiger charge is -2.24. The van der Waals surface area contributed by atoms with Crippen LogP contribution in [0.4, 0.5) is 5.69 Å². The minimum atomic E-state index is 0.823. The fourth-order valence-electron chi connectivity index (χ4n) is 2.72. The van der Waals surface area contributed by atoms with E-state index < -0.39 is 0 Å². The number of nitrogens with two attached hydrogens (primary N) is 1. The van der Waals surface area contributed by atoms with E-state index in [0.717, 1.165) is 37.1 Å². The van der Waals surface area contributed by atoms with Crippen molar-refractivity contribution < 1.29 is 0 Å². The molecule has 1 fully saturated rings. The molecule has 0 atom stereocenters. The minimum Gasteiger partial charge on any atom is -0.369 e. The minimum absolute atomic E-state index is 0.823. The highest BCUT2D eigenvalue weighted by Crippen LogP contribution is 2.25. The molecule has 112 valence electrons. The first-order valence-electron chi connectivity index (χ1n) is 7.58. The normalized spacial score (nSPS) is 17.2. The summed E-state index contributed by atoms with van der Waals surface area (Å²) in [6, 6.07) is 2.10. The van der Waals surface area contributed by atoms with Crippen LogP contribution in [-0.2, 0) is 0 Å². The summed E-state index contributed by atoms with van der Waals surface area (Å²) < 4.78 is 1.09. The van der Waals surface area contributed by atoms with Crippen molar-refractivity contribution in [2.75, 3.05) is 44.2 Å². The summed E-state index contributed by atoms with van der Waals surface area (Å²) in [5.41, 5.74) is 6.81. The van der Waals surface area contributed by atoms with Crippen molar-refractivity contribution in [3.05, 3.63) is 22.9 Å². The Morgan fingerprint density at radius 2 is 2.05 bits per heavy atom. The van der Waals surface area contributed by atoms with E-state index in [4.69, 9.17) is 5.73 Å². The van der Waals surface area contributed by atoms with Gasteiger partial charge in [0.1, 0.15) is 0 Å². The Morgan fingerprint density at radius 1 is 1.15 bits per heavy atom. The van der Waals surface area contributed by atoms with Crippen LogP contribution >= 0.6 is 15.9 Å². The summed E-state index contributed by atoms with van der Waals surface area (Å²) in [7, 11) is 0. The maximum atomic E-state index is 5.54. The predicted octanol–water partition coefficient (Wildman–Crippen LogP) is 2.49. The lowest BCUT2D eigenvalue weighted by Crippen LogP contribution is -2.31. The molecule has 0 radical (unpaired) electrons. The molecule has 0 saturated carbocycles. The van der Waals surface area contributed by atoms with Gasteiger partial charge in [0.05, 0.1) is 10.2 Å². The van der Waals surface area contributed by atoms with Gasteiger partial charge in [0.15, 0.2) is 0 Å².